The summed E-state index contributed by atoms with van der Waals surface area (Å²) in [6, 6.07) is 11.9. The van der Waals surface area contributed by atoms with Crippen molar-refractivity contribution in [3.05, 3.63) is 56.5 Å². The van der Waals surface area contributed by atoms with Gasteiger partial charge >= 0.3 is 12.1 Å². The fourth-order valence-corrected chi connectivity index (χ4v) is 8.89. The van der Waals surface area contributed by atoms with Crippen molar-refractivity contribution in [1.29, 1.82) is 0 Å². The topological polar surface area (TPSA) is 126 Å². The summed E-state index contributed by atoms with van der Waals surface area (Å²) >= 11 is 6.75. The number of carbonyl (C=O) groups excluding carboxylic acids is 2. The molecule has 0 saturated carbocycles. The number of hydrogen-bond acceptors (Lipinski definition) is 8. The second-order valence-electron chi connectivity index (χ2n) is 13.0. The van der Waals surface area contributed by atoms with Gasteiger partial charge in [0.05, 0.1) is 15.6 Å². The smallest absolute Gasteiger partial charge is 0.410 e. The molecule has 2 aromatic carbocycles. The second kappa shape index (κ2) is 15.1. The van der Waals surface area contributed by atoms with E-state index in [4.69, 9.17) is 4.74 Å². The maximum absolute atomic E-state index is 14.0. The summed E-state index contributed by atoms with van der Waals surface area (Å²) in [7, 11) is 0. The van der Waals surface area contributed by atoms with Gasteiger partial charge in [0.25, 0.3) is 5.91 Å². The zero-order valence-electron chi connectivity index (χ0n) is 26.5. The third-order valence-electron chi connectivity index (χ3n) is 10.2. The van der Waals surface area contributed by atoms with Crippen LogP contribution in [-0.2, 0) is 27.2 Å². The summed E-state index contributed by atoms with van der Waals surface area (Å²) in [6.45, 7) is 4.54. The molecule has 0 unspecified atom stereocenters. The molecule has 2 atom stereocenters. The van der Waals surface area contributed by atoms with Gasteiger partial charge in [0, 0.05) is 56.9 Å². The number of phenols is 1. The van der Waals surface area contributed by atoms with Gasteiger partial charge in [0.1, 0.15) is 11.8 Å². The van der Waals surface area contributed by atoms with Crippen LogP contribution in [0.25, 0.3) is 0 Å². The van der Waals surface area contributed by atoms with Crippen LogP contribution in [-0.4, -0.2) is 118 Å². The lowest BCUT2D eigenvalue weighted by atomic mass is 10.00. The van der Waals surface area contributed by atoms with Gasteiger partial charge in [0.15, 0.2) is 6.10 Å². The van der Waals surface area contributed by atoms with Crippen LogP contribution in [0.4, 0.5) is 10.5 Å². The van der Waals surface area contributed by atoms with Crippen LogP contribution in [0, 0.1) is 0 Å². The van der Waals surface area contributed by atoms with Crippen molar-refractivity contribution >= 4 is 55.5 Å². The number of piperidine rings is 2. The van der Waals surface area contributed by atoms with Crippen molar-refractivity contribution < 1.29 is 29.3 Å². The van der Waals surface area contributed by atoms with Gasteiger partial charge < -0.3 is 30.1 Å². The number of phenolic OH excluding ortho intramolecular Hbond substituents is 1. The predicted octanol–water partition coefficient (Wildman–Crippen LogP) is 4.90. The Morgan fingerprint density at radius 2 is 1.55 bits per heavy atom. The van der Waals surface area contributed by atoms with E-state index in [9.17, 15) is 24.6 Å². The molecule has 4 aliphatic heterocycles. The highest BCUT2D eigenvalue weighted by Crippen LogP contribution is 2.34. The number of para-hydroxylation sites is 1. The normalized spacial score (nSPS) is 22.3. The number of ether oxygens (including phenoxy) is 1. The molecule has 0 radical (unpaired) electrons. The van der Waals surface area contributed by atoms with E-state index in [1.807, 2.05) is 0 Å². The number of anilines is 1. The van der Waals surface area contributed by atoms with Crippen LogP contribution in [0.3, 0.4) is 0 Å². The molecule has 2 aromatic rings. The van der Waals surface area contributed by atoms with Crippen molar-refractivity contribution in [2.24, 2.45) is 0 Å². The SMILES string of the molecule is O=C(O)[C@@H]1CCCN1C1CCN(C(=O)[C@@H](Cc2cc(Br)c(O)c(Br)c2)OC(=O)N2CCC(N3CCc4ccccc4NC3)CC2)CC1. The second-order valence-corrected chi connectivity index (χ2v) is 14.8. The van der Waals surface area contributed by atoms with Crippen molar-refractivity contribution in [1.82, 2.24) is 19.6 Å². The summed E-state index contributed by atoms with van der Waals surface area (Å²) in [6.07, 6.45) is 4.14. The molecule has 2 amide bonds. The molecule has 3 fully saturated rings. The lowest BCUT2D eigenvalue weighted by molar-refractivity contribution is -0.146. The van der Waals surface area contributed by atoms with Gasteiger partial charge in [-0.15, -0.1) is 0 Å². The molecule has 4 aliphatic rings. The predicted molar refractivity (Wildman–Crippen MR) is 184 cm³/mol. The van der Waals surface area contributed by atoms with Crippen molar-refractivity contribution in [3.8, 4) is 5.75 Å². The molecular formula is C34H43Br2N5O6. The lowest BCUT2D eigenvalue weighted by Gasteiger charge is -2.40. The minimum atomic E-state index is -1.04. The standard InChI is InChI=1S/C34H43Br2N5O6/c35-26-18-22(19-27(36)31(26)42)20-30(32(43)38-14-10-25(11-15-38)41-12-3-6-29(41)33(44)45)47-34(46)39-16-8-24(9-17-39)40-13-7-23-4-1-2-5-28(23)37-21-40/h1-2,4-5,18-19,24-25,29-30,37,42H,3,6-17,20-21H2,(H,44,45)/t29-,30+/m0/s1. The number of aromatic hydroxyl groups is 1. The van der Waals surface area contributed by atoms with Crippen LogP contribution in [0.5, 0.6) is 5.75 Å². The van der Waals surface area contributed by atoms with E-state index in [-0.39, 0.29) is 24.1 Å². The van der Waals surface area contributed by atoms with Crippen molar-refractivity contribution in [3.63, 3.8) is 0 Å². The largest absolute Gasteiger partial charge is 0.506 e. The third-order valence-corrected chi connectivity index (χ3v) is 11.4. The summed E-state index contributed by atoms with van der Waals surface area (Å²) in [5.41, 5.74) is 3.24. The Bertz CT molecular complexity index is 1410. The Hall–Kier alpha value is -2.87. The highest BCUT2D eigenvalue weighted by atomic mass is 79.9. The van der Waals surface area contributed by atoms with Gasteiger partial charge in [0.2, 0.25) is 0 Å². The quantitative estimate of drug-likeness (QED) is 0.361. The number of amides is 2. The monoisotopic (exact) mass is 775 g/mol. The number of carbonyl (C=O) groups is 3. The first kappa shape index (κ1) is 34.0. The fourth-order valence-electron chi connectivity index (χ4n) is 7.60. The first-order valence-electron chi connectivity index (χ1n) is 16.6. The first-order valence-corrected chi connectivity index (χ1v) is 18.2. The van der Waals surface area contributed by atoms with Gasteiger partial charge in [-0.25, -0.2) is 4.79 Å². The summed E-state index contributed by atoms with van der Waals surface area (Å²) in [5, 5.41) is 23.4. The van der Waals surface area contributed by atoms with Crippen LogP contribution in [0.2, 0.25) is 0 Å². The molecule has 3 N–H and O–H groups in total. The van der Waals surface area contributed by atoms with Crippen molar-refractivity contribution in [2.75, 3.05) is 51.3 Å². The van der Waals surface area contributed by atoms with E-state index in [1.165, 1.54) is 11.3 Å². The number of likely N-dealkylation sites (tertiary alicyclic amines) is 3. The molecule has 0 bridgehead atoms. The van der Waals surface area contributed by atoms with E-state index in [0.717, 1.165) is 51.0 Å². The number of benzene rings is 2. The molecular weight excluding hydrogens is 734 g/mol. The zero-order chi connectivity index (χ0) is 33.1. The molecule has 47 heavy (non-hydrogen) atoms. The number of aliphatic carboxylic acids is 1. The highest BCUT2D eigenvalue weighted by molar-refractivity contribution is 9.11. The van der Waals surface area contributed by atoms with Crippen LogP contribution >= 0.6 is 31.9 Å². The van der Waals surface area contributed by atoms with E-state index in [1.54, 1.807) is 21.9 Å². The highest BCUT2D eigenvalue weighted by Gasteiger charge is 2.39. The molecule has 0 aromatic heterocycles. The molecule has 4 heterocycles. The van der Waals surface area contributed by atoms with Gasteiger partial charge in [-0.3, -0.25) is 19.4 Å². The van der Waals surface area contributed by atoms with Gasteiger partial charge in [-0.05, 0) is 113 Å². The first-order chi connectivity index (χ1) is 22.7. The number of carboxylic acid groups (broad SMARTS) is 1. The van der Waals surface area contributed by atoms with Gasteiger partial charge in [-0.1, -0.05) is 18.2 Å². The van der Waals surface area contributed by atoms with E-state index >= 15 is 0 Å². The molecule has 3 saturated heterocycles. The molecule has 11 nitrogen and oxygen atoms in total. The van der Waals surface area contributed by atoms with Gasteiger partial charge in [-0.2, -0.15) is 0 Å². The average Bonchev–Trinajstić information content (AvgIpc) is 3.48. The number of carboxylic acids is 1. The number of fused-ring (bicyclic) bond motifs is 1. The van der Waals surface area contributed by atoms with Crippen LogP contribution in [0.1, 0.15) is 49.7 Å². The third kappa shape index (κ3) is 7.90. The number of nitrogens with zero attached hydrogens (tertiary/aromatic N) is 4. The molecule has 0 spiro atoms. The fraction of sp³-hybridized carbons (Fsp3) is 0.559. The average molecular weight is 778 g/mol. The Kier molecular flexibility index (Phi) is 10.9. The van der Waals surface area contributed by atoms with Crippen LogP contribution in [0.15, 0.2) is 45.3 Å². The van der Waals surface area contributed by atoms with E-state index in [0.29, 0.717) is 60.4 Å². The minimum absolute atomic E-state index is 0.0589. The van der Waals surface area contributed by atoms with E-state index in [2.05, 4.69) is 71.2 Å². The number of halogens is 2. The number of rotatable bonds is 7. The Labute approximate surface area is 292 Å². The van der Waals surface area contributed by atoms with Crippen molar-refractivity contribution in [2.45, 2.75) is 75.6 Å². The number of nitrogens with one attached hydrogen (secondary N) is 1. The zero-order valence-corrected chi connectivity index (χ0v) is 29.6. The maximum Gasteiger partial charge on any atom is 0.410 e. The van der Waals surface area contributed by atoms with Crippen LogP contribution < -0.4 is 5.32 Å². The maximum atomic E-state index is 14.0. The summed E-state index contributed by atoms with van der Waals surface area (Å²) in [5.74, 6) is -0.973. The lowest BCUT2D eigenvalue weighted by Crippen LogP contribution is -2.53. The molecule has 0 aliphatic carbocycles. The Morgan fingerprint density at radius 1 is 0.894 bits per heavy atom. The number of hydrogen-bond donors (Lipinski definition) is 3. The summed E-state index contributed by atoms with van der Waals surface area (Å²) in [4.78, 5) is 47.3. The summed E-state index contributed by atoms with van der Waals surface area (Å²) < 4.78 is 6.98. The van der Waals surface area contributed by atoms with E-state index < -0.39 is 24.2 Å². The Morgan fingerprint density at radius 3 is 2.26 bits per heavy atom. The molecule has 13 heteroatoms. The molecule has 6 rings (SSSR count). The minimum Gasteiger partial charge on any atom is -0.506 e. The molecule has 254 valence electrons. The Balaban J connectivity index is 1.08.